The van der Waals surface area contributed by atoms with E-state index in [2.05, 4.69) is 10.6 Å². The van der Waals surface area contributed by atoms with Crippen molar-refractivity contribution in [2.75, 3.05) is 6.54 Å². The van der Waals surface area contributed by atoms with Crippen molar-refractivity contribution in [2.24, 2.45) is 0 Å². The van der Waals surface area contributed by atoms with Crippen LogP contribution in [-0.2, 0) is 37.9 Å². The first-order chi connectivity index (χ1) is 24.7. The highest BCUT2D eigenvalue weighted by atomic mass is 16.8. The molecule has 3 heterocycles. The van der Waals surface area contributed by atoms with Crippen molar-refractivity contribution in [1.29, 1.82) is 0 Å². The van der Waals surface area contributed by atoms with Crippen LogP contribution in [0.25, 0.3) is 0 Å². The van der Waals surface area contributed by atoms with Gasteiger partial charge in [0.15, 0.2) is 18.9 Å². The molecular formula is C35H62N2O16. The second-order valence-electron chi connectivity index (χ2n) is 16.2. The van der Waals surface area contributed by atoms with Crippen molar-refractivity contribution in [3.63, 3.8) is 0 Å². The Kier molecular flexibility index (Phi) is 15.1. The van der Waals surface area contributed by atoms with E-state index in [1.54, 1.807) is 48.5 Å². The normalized spacial score (nSPS) is 41.1. The zero-order chi connectivity index (χ0) is 39.4. The van der Waals surface area contributed by atoms with Crippen LogP contribution in [0.4, 0.5) is 9.59 Å². The lowest BCUT2D eigenvalue weighted by Gasteiger charge is -2.45. The lowest BCUT2D eigenvalue weighted by atomic mass is 9.87. The average Bonchev–Trinajstić information content (AvgIpc) is 3.34. The molecule has 4 unspecified atom stereocenters. The van der Waals surface area contributed by atoms with Gasteiger partial charge in [-0.2, -0.15) is 0 Å². The molecule has 53 heavy (non-hydrogen) atoms. The van der Waals surface area contributed by atoms with Gasteiger partial charge >= 0.3 is 12.2 Å². The number of hydrogen-bond acceptors (Lipinski definition) is 16. The first-order valence-corrected chi connectivity index (χ1v) is 18.7. The van der Waals surface area contributed by atoms with Crippen LogP contribution in [0, 0.1) is 0 Å². The molecule has 4 rings (SSSR count). The number of alkyl carbamates (subject to hydrolysis) is 2. The molecule has 3 saturated heterocycles. The molecule has 2 amide bonds. The molecule has 0 bridgehead atoms. The van der Waals surface area contributed by atoms with Gasteiger partial charge in [-0.1, -0.05) is 13.8 Å². The third-order valence-corrected chi connectivity index (χ3v) is 9.50. The minimum Gasteiger partial charge on any atom is -0.444 e. The molecule has 4 aliphatic rings. The number of ether oxygens (including phenoxy) is 8. The largest absolute Gasteiger partial charge is 0.444 e. The summed E-state index contributed by atoms with van der Waals surface area (Å²) in [5, 5.41) is 70.2. The summed E-state index contributed by atoms with van der Waals surface area (Å²) in [7, 11) is 0. The highest BCUT2D eigenvalue weighted by Gasteiger charge is 2.52. The molecule has 18 nitrogen and oxygen atoms in total. The summed E-state index contributed by atoms with van der Waals surface area (Å²) in [5.41, 5.74) is -1.60. The number of carbonyl (C=O) groups is 2. The summed E-state index contributed by atoms with van der Waals surface area (Å²) in [6.07, 6.45) is -17.4. The van der Waals surface area contributed by atoms with Gasteiger partial charge in [-0.15, -0.1) is 0 Å². The fourth-order valence-corrected chi connectivity index (χ4v) is 6.91. The molecule has 16 atom stereocenters. The standard InChI is InChI=1S/C35H62N2O16/c1-9-20-25(41)18(39)13-23(46-20)50-30-21(10-2)48-31(27(30)43)51-29-17(38)12-11-16(37-33(45)53-35(6,7)8)28(29)49-24-14-19(40)26(42)22(47-24)15-36-32(44)52-34(3,4)5/h16-31,38-43H,9-15H2,1-8H3,(H,36,44)(H,37,45)/t16-,17-,18+,19+,20-,21+,22+,23?,24+,25-,26?,27?,28?,29+,30+,31-/m0/s1. The predicted molar refractivity (Wildman–Crippen MR) is 183 cm³/mol. The number of rotatable bonds is 11. The zero-order valence-electron chi connectivity index (χ0n) is 32.0. The Labute approximate surface area is 310 Å². The summed E-state index contributed by atoms with van der Waals surface area (Å²) in [5.74, 6) is 0. The fraction of sp³-hybridized carbons (Fsp3) is 0.943. The minimum absolute atomic E-state index is 0.0334. The first-order valence-electron chi connectivity index (χ1n) is 18.7. The second-order valence-corrected chi connectivity index (χ2v) is 16.2. The highest BCUT2D eigenvalue weighted by molar-refractivity contribution is 5.68. The molecule has 0 spiro atoms. The van der Waals surface area contributed by atoms with Crippen LogP contribution >= 0.6 is 0 Å². The molecule has 1 aliphatic carbocycles. The van der Waals surface area contributed by atoms with Gasteiger partial charge in [0.25, 0.3) is 0 Å². The van der Waals surface area contributed by atoms with Crippen LogP contribution < -0.4 is 10.6 Å². The highest BCUT2D eigenvalue weighted by Crippen LogP contribution is 2.36. The Hall–Kier alpha value is -1.94. The number of carbonyl (C=O) groups excluding carboxylic acids is 2. The maximum absolute atomic E-state index is 13.0. The smallest absolute Gasteiger partial charge is 0.407 e. The van der Waals surface area contributed by atoms with E-state index in [4.69, 9.17) is 37.9 Å². The van der Waals surface area contributed by atoms with Crippen LogP contribution in [0.15, 0.2) is 0 Å². The van der Waals surface area contributed by atoms with Gasteiger partial charge in [0, 0.05) is 19.4 Å². The number of amides is 2. The summed E-state index contributed by atoms with van der Waals surface area (Å²) >= 11 is 0. The summed E-state index contributed by atoms with van der Waals surface area (Å²) in [4.78, 5) is 25.3. The second kappa shape index (κ2) is 18.3. The molecule has 4 fully saturated rings. The Bertz CT molecular complexity index is 1180. The zero-order valence-corrected chi connectivity index (χ0v) is 32.0. The monoisotopic (exact) mass is 766 g/mol. The Balaban J connectivity index is 1.52. The number of aliphatic hydroxyl groups is 6. The third-order valence-electron chi connectivity index (χ3n) is 9.50. The topological polar surface area (TPSA) is 253 Å². The van der Waals surface area contributed by atoms with Crippen LogP contribution in [0.3, 0.4) is 0 Å². The molecule has 1 saturated carbocycles. The first kappa shape index (κ1) is 43.8. The Morgan fingerprint density at radius 3 is 1.72 bits per heavy atom. The summed E-state index contributed by atoms with van der Waals surface area (Å²) in [6.45, 7) is 13.6. The maximum atomic E-state index is 13.0. The Morgan fingerprint density at radius 2 is 1.15 bits per heavy atom. The number of nitrogens with one attached hydrogen (secondary N) is 2. The quantitative estimate of drug-likeness (QED) is 0.141. The van der Waals surface area contributed by atoms with Crippen molar-refractivity contribution in [2.45, 2.75) is 203 Å². The molecule has 8 N–H and O–H groups in total. The van der Waals surface area contributed by atoms with Gasteiger partial charge in [0.2, 0.25) is 0 Å². The van der Waals surface area contributed by atoms with E-state index in [0.717, 1.165) is 0 Å². The van der Waals surface area contributed by atoms with Crippen molar-refractivity contribution in [3.05, 3.63) is 0 Å². The van der Waals surface area contributed by atoms with Gasteiger partial charge in [-0.25, -0.2) is 9.59 Å². The minimum atomic E-state index is -1.40. The fourth-order valence-electron chi connectivity index (χ4n) is 6.91. The lowest BCUT2D eigenvalue weighted by Crippen LogP contribution is -2.62. The molecule has 308 valence electrons. The van der Waals surface area contributed by atoms with E-state index < -0.39 is 122 Å². The van der Waals surface area contributed by atoms with E-state index >= 15 is 0 Å². The van der Waals surface area contributed by atoms with Gasteiger partial charge in [-0.05, 0) is 67.2 Å². The molecule has 0 radical (unpaired) electrons. The van der Waals surface area contributed by atoms with Crippen LogP contribution in [0.2, 0.25) is 0 Å². The molecule has 0 aromatic rings. The molecule has 0 aromatic heterocycles. The van der Waals surface area contributed by atoms with Crippen molar-refractivity contribution >= 4 is 12.2 Å². The number of aliphatic hydroxyl groups excluding tert-OH is 6. The van der Waals surface area contributed by atoms with Gasteiger partial charge in [0.05, 0.1) is 36.6 Å². The average molecular weight is 767 g/mol. The summed E-state index contributed by atoms with van der Waals surface area (Å²) in [6, 6.07) is -0.828. The van der Waals surface area contributed by atoms with E-state index in [0.29, 0.717) is 12.8 Å². The molecule has 0 aromatic carbocycles. The van der Waals surface area contributed by atoms with Crippen molar-refractivity contribution in [1.82, 2.24) is 10.6 Å². The molecule has 3 aliphatic heterocycles. The molecule has 18 heteroatoms. The van der Waals surface area contributed by atoms with Gasteiger partial charge in [0.1, 0.15) is 53.9 Å². The third kappa shape index (κ3) is 12.0. The summed E-state index contributed by atoms with van der Waals surface area (Å²) < 4.78 is 47.4. The van der Waals surface area contributed by atoms with Crippen molar-refractivity contribution in [3.8, 4) is 0 Å². The van der Waals surface area contributed by atoms with Gasteiger partial charge in [-0.3, -0.25) is 0 Å². The van der Waals surface area contributed by atoms with E-state index in [1.165, 1.54) is 0 Å². The predicted octanol–water partition coefficient (Wildman–Crippen LogP) is 0.294. The van der Waals surface area contributed by atoms with E-state index in [-0.39, 0.29) is 32.2 Å². The lowest BCUT2D eigenvalue weighted by molar-refractivity contribution is -0.302. The molecular weight excluding hydrogens is 704 g/mol. The van der Waals surface area contributed by atoms with Crippen LogP contribution in [0.5, 0.6) is 0 Å². The van der Waals surface area contributed by atoms with Crippen molar-refractivity contribution < 1.29 is 78.1 Å². The van der Waals surface area contributed by atoms with E-state index in [1.807, 2.05) is 6.92 Å². The Morgan fingerprint density at radius 1 is 0.623 bits per heavy atom. The SMILES string of the molecule is CC[C@@H]1OC(O[C@H]2C(O)[C@H](O[C@H]3C(O[C@@H]4C[C@@H](O)C(O)[C@@H](CNC(=O)OC(C)(C)C)O4)[C@@H](NC(=O)OC(C)(C)C)CC[C@@H]3O)O[C@@H]2CC)C[C@@H](O)[C@@H]1O. The maximum Gasteiger partial charge on any atom is 0.407 e. The number of hydrogen-bond donors (Lipinski definition) is 8. The van der Waals surface area contributed by atoms with Crippen LogP contribution in [-0.4, -0.2) is 159 Å². The van der Waals surface area contributed by atoms with Gasteiger partial charge < -0.3 is 79.2 Å². The van der Waals surface area contributed by atoms with Crippen LogP contribution in [0.1, 0.15) is 93.9 Å². The van der Waals surface area contributed by atoms with E-state index in [9.17, 15) is 40.2 Å².